The molecule has 15 nitrogen and oxygen atoms in total. The third-order valence-corrected chi connectivity index (χ3v) is 2.18. The first-order valence-electron chi connectivity index (χ1n) is 14.9. The molecule has 0 spiro atoms. The average Bonchev–Trinajstić information content (AvgIpc) is 2.77. The fourth-order valence-corrected chi connectivity index (χ4v) is 1.09. The van der Waals surface area contributed by atoms with E-state index in [2.05, 4.69) is 15.2 Å². The predicted molar refractivity (Wildman–Crippen MR) is 203 cm³/mol. The molecule has 0 aromatic heterocycles. The van der Waals surface area contributed by atoms with E-state index in [1.54, 1.807) is 26.2 Å². The van der Waals surface area contributed by atoms with Gasteiger partial charge in [-0.25, -0.2) is 10.9 Å². The zero-order valence-corrected chi connectivity index (χ0v) is 34.3. The molecular formula is C32H76N10O5. The number of nitrogens with zero attached hydrogens (tertiary/aromatic N) is 7. The van der Waals surface area contributed by atoms with Crippen molar-refractivity contribution in [1.82, 2.24) is 20.0 Å². The van der Waals surface area contributed by atoms with Gasteiger partial charge in [0.1, 0.15) is 17.3 Å². The number of rotatable bonds is 3. The molecule has 0 aliphatic heterocycles. The molecule has 0 aliphatic carbocycles. The van der Waals surface area contributed by atoms with Crippen molar-refractivity contribution in [2.75, 3.05) is 55.4 Å². The number of ketones is 3. The fraction of sp³-hybridized carbons (Fsp3) is 0.750. The summed E-state index contributed by atoms with van der Waals surface area (Å²) in [6.45, 7) is 29.3. The molecule has 0 bridgehead atoms. The van der Waals surface area contributed by atoms with Crippen molar-refractivity contribution in [2.24, 2.45) is 32.6 Å². The third kappa shape index (κ3) is 289. The van der Waals surface area contributed by atoms with Crippen molar-refractivity contribution in [3.8, 4) is 0 Å². The largest absolute Gasteiger partial charge is 0.331 e. The lowest BCUT2D eigenvalue weighted by Crippen LogP contribution is -2.30. The first-order valence-corrected chi connectivity index (χ1v) is 14.9. The normalized spacial score (nSPS) is 7.62. The second-order valence-electron chi connectivity index (χ2n) is 10.6. The van der Waals surface area contributed by atoms with Crippen molar-refractivity contribution in [2.45, 2.75) is 111 Å². The summed E-state index contributed by atoms with van der Waals surface area (Å²) in [7, 11) is 10.5. The maximum atomic E-state index is 10.5. The van der Waals surface area contributed by atoms with Gasteiger partial charge in [-0.2, -0.15) is 10.2 Å². The Morgan fingerprint density at radius 2 is 0.723 bits per heavy atom. The van der Waals surface area contributed by atoms with Gasteiger partial charge in [-0.1, -0.05) is 6.92 Å². The molecule has 0 heterocycles. The van der Waals surface area contributed by atoms with E-state index < -0.39 is 0 Å². The predicted octanol–water partition coefficient (Wildman–Crippen LogP) is 3.80. The number of carbonyl (C=O) groups is 5. The Morgan fingerprint density at radius 1 is 0.511 bits per heavy atom. The van der Waals surface area contributed by atoms with E-state index in [4.69, 9.17) is 17.4 Å². The topological polar surface area (TPSA) is 213 Å². The molecule has 0 fully saturated rings. The molecule has 47 heavy (non-hydrogen) atoms. The molecule has 0 unspecified atom stereocenters. The minimum absolute atomic E-state index is 0.0452. The van der Waals surface area contributed by atoms with Crippen LogP contribution in [0.2, 0.25) is 0 Å². The van der Waals surface area contributed by atoms with E-state index >= 15 is 0 Å². The fourth-order valence-electron chi connectivity index (χ4n) is 1.09. The highest BCUT2D eigenvalue weighted by molar-refractivity contribution is 5.81. The van der Waals surface area contributed by atoms with Crippen molar-refractivity contribution >= 4 is 46.3 Å². The first kappa shape index (κ1) is 66.1. The van der Waals surface area contributed by atoms with E-state index in [0.29, 0.717) is 0 Å². The molecule has 6 N–H and O–H groups in total. The average molecular weight is 681 g/mol. The molecule has 0 saturated carbocycles. The SMILES string of the molecule is CC(=O)N(C)N.CC(=O)N(C)N=C(C)C.CC(C)=NN(C)C.CC(C)=O.CC(C)=O.CC(C)=O.CCN.CCN=C(C)C.CN(C)N. The number of hydrogen-bond acceptors (Lipinski definition) is 13. The van der Waals surface area contributed by atoms with Crippen LogP contribution in [0.1, 0.15) is 111 Å². The van der Waals surface area contributed by atoms with Gasteiger partial charge in [0.15, 0.2) is 0 Å². The van der Waals surface area contributed by atoms with Gasteiger partial charge in [0.25, 0.3) is 0 Å². The zero-order valence-electron chi connectivity index (χ0n) is 34.3. The summed E-state index contributed by atoms with van der Waals surface area (Å²) >= 11 is 0. The number of hydrazine groups is 2. The summed E-state index contributed by atoms with van der Waals surface area (Å²) in [4.78, 5) is 52.8. The summed E-state index contributed by atoms with van der Waals surface area (Å²) in [6, 6.07) is 0. The van der Waals surface area contributed by atoms with Gasteiger partial charge in [0.2, 0.25) is 11.8 Å². The Bertz CT molecular complexity index is 785. The molecule has 2 amide bonds. The van der Waals surface area contributed by atoms with Crippen LogP contribution < -0.4 is 17.4 Å². The number of amides is 2. The summed E-state index contributed by atoms with van der Waals surface area (Å²) in [5, 5.41) is 13.5. The Labute approximate surface area is 289 Å². The minimum Gasteiger partial charge on any atom is -0.331 e. The van der Waals surface area contributed by atoms with Gasteiger partial charge in [0, 0.05) is 79.8 Å². The van der Waals surface area contributed by atoms with Crippen LogP contribution in [0, 0.1) is 0 Å². The lowest BCUT2D eigenvalue weighted by atomic mass is 10.5. The molecule has 284 valence electrons. The summed E-state index contributed by atoms with van der Waals surface area (Å²) in [5.74, 6) is 10.2. The van der Waals surface area contributed by atoms with Gasteiger partial charge in [-0.15, -0.1) is 0 Å². The van der Waals surface area contributed by atoms with Gasteiger partial charge in [0.05, 0.1) is 0 Å². The van der Waals surface area contributed by atoms with Crippen molar-refractivity contribution < 1.29 is 24.0 Å². The molecule has 0 aromatic rings. The van der Waals surface area contributed by atoms with E-state index in [9.17, 15) is 24.0 Å². The van der Waals surface area contributed by atoms with Crippen LogP contribution in [-0.2, 0) is 24.0 Å². The molecular weight excluding hydrogens is 604 g/mol. The monoisotopic (exact) mass is 681 g/mol. The van der Waals surface area contributed by atoms with Crippen LogP contribution >= 0.6 is 0 Å². The van der Waals surface area contributed by atoms with Crippen LogP contribution in [0.15, 0.2) is 15.2 Å². The standard InChI is InChI=1S/C6H12N2O.C5H12N2.C5H11N.C3H8N2O.3C3H6O.C2H8N2.C2H7N/c1-5(2)7-8(4)6(3)9;1-5(2)6-7(3)4;1-4-6-5(2)3;1-3(6)5(2)4;3*1-3(2)4;1-4(2)3;1-2-3/h1-4H3;1-4H3;4H2,1-3H3;4H2,1-2H3;3*1-2H3;3H2,1-2H3;2-3H2,1H3. The Morgan fingerprint density at radius 3 is 0.745 bits per heavy atom. The van der Waals surface area contributed by atoms with Gasteiger partial charge >= 0.3 is 0 Å². The number of carbonyl (C=O) groups excluding carboxylic acids is 5. The highest BCUT2D eigenvalue weighted by Crippen LogP contribution is 1.85. The second kappa shape index (κ2) is 52.1. The molecule has 0 radical (unpaired) electrons. The molecule has 0 saturated heterocycles. The lowest BCUT2D eigenvalue weighted by Gasteiger charge is -2.06. The van der Waals surface area contributed by atoms with Gasteiger partial charge < -0.3 is 25.1 Å². The van der Waals surface area contributed by atoms with E-state index in [1.165, 1.54) is 72.5 Å². The zero-order chi connectivity index (χ0) is 40.5. The molecule has 0 aliphatic rings. The minimum atomic E-state index is -0.130. The molecule has 0 aromatic carbocycles. The van der Waals surface area contributed by atoms with Crippen molar-refractivity contribution in [3.63, 3.8) is 0 Å². The highest BCUT2D eigenvalue weighted by Gasteiger charge is 1.96. The molecule has 0 atom stereocenters. The summed E-state index contributed by atoms with van der Waals surface area (Å²) in [6.07, 6.45) is 0. The number of nitrogens with two attached hydrogens (primary N) is 3. The van der Waals surface area contributed by atoms with Gasteiger partial charge in [-0.3, -0.25) is 30.4 Å². The van der Waals surface area contributed by atoms with Crippen LogP contribution in [0.4, 0.5) is 0 Å². The summed E-state index contributed by atoms with van der Waals surface area (Å²) in [5.41, 5.74) is 7.98. The lowest BCUT2D eigenvalue weighted by molar-refractivity contribution is -0.128. The first-order chi connectivity index (χ1) is 20.9. The van der Waals surface area contributed by atoms with Crippen molar-refractivity contribution in [3.05, 3.63) is 0 Å². The maximum absolute atomic E-state index is 10.5. The maximum Gasteiger partial charge on any atom is 0.239 e. The quantitative estimate of drug-likeness (QED) is 0.170. The second-order valence-corrected chi connectivity index (χ2v) is 10.6. The van der Waals surface area contributed by atoms with E-state index in [1.807, 2.05) is 69.5 Å². The van der Waals surface area contributed by atoms with Gasteiger partial charge in [-0.05, 0) is 96.6 Å². The van der Waals surface area contributed by atoms with E-state index in [0.717, 1.165) is 35.2 Å². The van der Waals surface area contributed by atoms with E-state index in [-0.39, 0.29) is 29.2 Å². The van der Waals surface area contributed by atoms with Crippen LogP contribution in [-0.4, -0.2) is 122 Å². The number of hydrazone groups is 2. The molecule has 0 rings (SSSR count). The summed E-state index contributed by atoms with van der Waals surface area (Å²) < 4.78 is 0. The smallest absolute Gasteiger partial charge is 0.239 e. The number of aliphatic imine (C=N–C) groups is 1. The Balaban J connectivity index is -0.0000000504. The van der Waals surface area contributed by atoms with Crippen LogP contribution in [0.25, 0.3) is 0 Å². The highest BCUT2D eigenvalue weighted by atomic mass is 16.2. The van der Waals surface area contributed by atoms with Crippen LogP contribution in [0.3, 0.4) is 0 Å². The molecule has 15 heteroatoms. The number of hydrogen-bond donors (Lipinski definition) is 3. The van der Waals surface area contributed by atoms with Crippen molar-refractivity contribution in [1.29, 1.82) is 0 Å². The number of Topliss-reactive ketones (excluding diaryl/α,β-unsaturated/α-hetero) is 3. The third-order valence-electron chi connectivity index (χ3n) is 2.18. The van der Waals surface area contributed by atoms with Crippen LogP contribution in [0.5, 0.6) is 0 Å². The Kier molecular flexibility index (Phi) is 73.3. The Hall–Kier alpha value is -3.40.